The molecule has 0 saturated heterocycles. The molecular formula is C17H17FN4O3S. The van der Waals surface area contributed by atoms with Crippen LogP contribution in [0.15, 0.2) is 53.4 Å². The molecule has 0 radical (unpaired) electrons. The molecule has 26 heavy (non-hydrogen) atoms. The standard InChI is InChI=1S/C17H17FN4O3S/c1-2-11-25-17-20-16(12-3-5-13(18)6-4-12)22(21-17)14-7-9-15(10-8-14)26(19,23)24/h3-10H,2,11H2,1H3,(H2,19,23,24). The van der Waals surface area contributed by atoms with E-state index in [1.807, 2.05) is 6.92 Å². The fourth-order valence-corrected chi connectivity index (χ4v) is 2.81. The van der Waals surface area contributed by atoms with Gasteiger partial charge in [0.25, 0.3) is 0 Å². The van der Waals surface area contributed by atoms with E-state index >= 15 is 0 Å². The lowest BCUT2D eigenvalue weighted by Crippen LogP contribution is -2.12. The van der Waals surface area contributed by atoms with Gasteiger partial charge in [0.15, 0.2) is 5.82 Å². The van der Waals surface area contributed by atoms with Crippen LogP contribution in [0.1, 0.15) is 13.3 Å². The van der Waals surface area contributed by atoms with Gasteiger partial charge < -0.3 is 4.74 Å². The number of rotatable bonds is 6. The number of nitrogens with two attached hydrogens (primary N) is 1. The third-order valence-electron chi connectivity index (χ3n) is 3.54. The van der Waals surface area contributed by atoms with Crippen molar-refractivity contribution in [3.05, 3.63) is 54.3 Å². The molecule has 0 amide bonds. The Morgan fingerprint density at radius 2 is 1.77 bits per heavy atom. The molecule has 3 aromatic rings. The minimum atomic E-state index is -3.79. The van der Waals surface area contributed by atoms with Crippen LogP contribution in [0.5, 0.6) is 6.01 Å². The number of ether oxygens (including phenoxy) is 1. The Kier molecular flexibility index (Phi) is 5.01. The highest BCUT2D eigenvalue weighted by atomic mass is 32.2. The van der Waals surface area contributed by atoms with Gasteiger partial charge in [-0.25, -0.2) is 22.6 Å². The average molecular weight is 376 g/mol. The minimum Gasteiger partial charge on any atom is -0.462 e. The van der Waals surface area contributed by atoms with E-state index in [4.69, 9.17) is 9.88 Å². The third kappa shape index (κ3) is 3.89. The zero-order valence-corrected chi connectivity index (χ0v) is 14.8. The van der Waals surface area contributed by atoms with Gasteiger partial charge in [0.2, 0.25) is 10.0 Å². The molecule has 1 heterocycles. The van der Waals surface area contributed by atoms with Gasteiger partial charge in [0.05, 0.1) is 17.2 Å². The second-order valence-electron chi connectivity index (χ2n) is 5.52. The summed E-state index contributed by atoms with van der Waals surface area (Å²) >= 11 is 0. The second-order valence-corrected chi connectivity index (χ2v) is 7.09. The Hall–Kier alpha value is -2.78. The van der Waals surface area contributed by atoms with Gasteiger partial charge >= 0.3 is 6.01 Å². The number of aromatic nitrogens is 3. The van der Waals surface area contributed by atoms with Crippen molar-refractivity contribution in [2.75, 3.05) is 6.61 Å². The highest BCUT2D eigenvalue weighted by molar-refractivity contribution is 7.89. The maximum Gasteiger partial charge on any atom is 0.336 e. The highest BCUT2D eigenvalue weighted by Crippen LogP contribution is 2.24. The number of sulfonamides is 1. The predicted molar refractivity (Wildman–Crippen MR) is 93.9 cm³/mol. The van der Waals surface area contributed by atoms with E-state index in [0.29, 0.717) is 23.7 Å². The number of hydrogen-bond acceptors (Lipinski definition) is 5. The summed E-state index contributed by atoms with van der Waals surface area (Å²) in [5.74, 6) is 0.0826. The van der Waals surface area contributed by atoms with Gasteiger partial charge in [-0.1, -0.05) is 6.92 Å². The molecule has 0 unspecified atom stereocenters. The second kappa shape index (κ2) is 7.22. The maximum absolute atomic E-state index is 13.2. The Morgan fingerprint density at radius 3 is 2.35 bits per heavy atom. The fourth-order valence-electron chi connectivity index (χ4n) is 2.29. The van der Waals surface area contributed by atoms with Crippen molar-refractivity contribution in [2.24, 2.45) is 5.14 Å². The summed E-state index contributed by atoms with van der Waals surface area (Å²) in [7, 11) is -3.79. The van der Waals surface area contributed by atoms with E-state index in [1.165, 1.54) is 28.9 Å². The lowest BCUT2D eigenvalue weighted by Gasteiger charge is -2.06. The van der Waals surface area contributed by atoms with Crippen molar-refractivity contribution < 1.29 is 17.5 Å². The molecule has 0 saturated carbocycles. The lowest BCUT2D eigenvalue weighted by atomic mass is 10.2. The number of hydrogen-bond donors (Lipinski definition) is 1. The maximum atomic E-state index is 13.2. The Bertz CT molecular complexity index is 999. The molecule has 136 valence electrons. The summed E-state index contributed by atoms with van der Waals surface area (Å²) in [6.45, 7) is 2.42. The zero-order chi connectivity index (χ0) is 18.7. The molecule has 9 heteroatoms. The number of nitrogens with zero attached hydrogens (tertiary/aromatic N) is 3. The number of primary sulfonamides is 1. The molecule has 0 atom stereocenters. The molecule has 3 rings (SSSR count). The zero-order valence-electron chi connectivity index (χ0n) is 14.0. The van der Waals surface area contributed by atoms with Crippen LogP contribution < -0.4 is 9.88 Å². The number of benzene rings is 2. The van der Waals surface area contributed by atoms with E-state index < -0.39 is 10.0 Å². The van der Waals surface area contributed by atoms with Gasteiger partial charge in [-0.2, -0.15) is 4.98 Å². The highest BCUT2D eigenvalue weighted by Gasteiger charge is 2.16. The summed E-state index contributed by atoms with van der Waals surface area (Å²) in [5, 5.41) is 9.44. The van der Waals surface area contributed by atoms with Crippen LogP contribution in [0, 0.1) is 5.82 Å². The topological polar surface area (TPSA) is 100 Å². The normalized spacial score (nSPS) is 11.5. The molecule has 2 N–H and O–H groups in total. The summed E-state index contributed by atoms with van der Waals surface area (Å²) < 4.78 is 43.0. The van der Waals surface area contributed by atoms with Gasteiger partial charge in [-0.15, -0.1) is 5.10 Å². The van der Waals surface area contributed by atoms with Crippen molar-refractivity contribution in [3.8, 4) is 23.1 Å². The van der Waals surface area contributed by atoms with E-state index in [1.54, 1.807) is 24.3 Å². The third-order valence-corrected chi connectivity index (χ3v) is 4.46. The van der Waals surface area contributed by atoms with Crippen LogP contribution in [-0.4, -0.2) is 29.8 Å². The summed E-state index contributed by atoms with van der Waals surface area (Å²) in [6, 6.07) is 11.9. The Morgan fingerprint density at radius 1 is 1.12 bits per heavy atom. The van der Waals surface area contributed by atoms with Crippen molar-refractivity contribution in [2.45, 2.75) is 18.2 Å². The molecular weight excluding hydrogens is 359 g/mol. The van der Waals surface area contributed by atoms with E-state index in [-0.39, 0.29) is 16.7 Å². The lowest BCUT2D eigenvalue weighted by molar-refractivity contribution is 0.292. The monoisotopic (exact) mass is 376 g/mol. The molecule has 0 aliphatic heterocycles. The molecule has 0 aliphatic rings. The molecule has 0 fully saturated rings. The number of halogens is 1. The largest absolute Gasteiger partial charge is 0.462 e. The Balaban J connectivity index is 2.06. The molecule has 0 spiro atoms. The van der Waals surface area contributed by atoms with Crippen LogP contribution in [0.4, 0.5) is 4.39 Å². The Labute approximate surface area is 150 Å². The smallest absolute Gasteiger partial charge is 0.336 e. The predicted octanol–water partition coefficient (Wildman–Crippen LogP) is 2.51. The van der Waals surface area contributed by atoms with Crippen molar-refractivity contribution >= 4 is 10.0 Å². The molecule has 1 aromatic heterocycles. The quantitative estimate of drug-likeness (QED) is 0.712. The van der Waals surface area contributed by atoms with Crippen LogP contribution in [0.3, 0.4) is 0 Å². The SMILES string of the molecule is CCCOc1nc(-c2ccc(F)cc2)n(-c2ccc(S(N)(=O)=O)cc2)n1. The van der Waals surface area contributed by atoms with Crippen LogP contribution in [0.2, 0.25) is 0 Å². The minimum absolute atomic E-state index is 0.00726. The average Bonchev–Trinajstić information content (AvgIpc) is 3.04. The molecule has 7 nitrogen and oxygen atoms in total. The van der Waals surface area contributed by atoms with Crippen LogP contribution in [0.25, 0.3) is 17.1 Å². The van der Waals surface area contributed by atoms with Gasteiger partial charge in [0.1, 0.15) is 5.82 Å². The summed E-state index contributed by atoms with van der Waals surface area (Å²) in [4.78, 5) is 4.35. The van der Waals surface area contributed by atoms with E-state index in [2.05, 4.69) is 10.1 Å². The van der Waals surface area contributed by atoms with Crippen molar-refractivity contribution in [1.29, 1.82) is 0 Å². The first-order chi connectivity index (χ1) is 12.4. The van der Waals surface area contributed by atoms with Crippen molar-refractivity contribution in [3.63, 3.8) is 0 Å². The molecule has 2 aromatic carbocycles. The van der Waals surface area contributed by atoms with E-state index in [0.717, 1.165) is 6.42 Å². The van der Waals surface area contributed by atoms with Crippen LogP contribution >= 0.6 is 0 Å². The fraction of sp³-hybridized carbons (Fsp3) is 0.176. The first-order valence-corrected chi connectivity index (χ1v) is 9.42. The van der Waals surface area contributed by atoms with Gasteiger partial charge in [-0.3, -0.25) is 0 Å². The van der Waals surface area contributed by atoms with E-state index in [9.17, 15) is 12.8 Å². The van der Waals surface area contributed by atoms with Crippen molar-refractivity contribution in [1.82, 2.24) is 14.8 Å². The van der Waals surface area contributed by atoms with Crippen LogP contribution in [-0.2, 0) is 10.0 Å². The molecule has 0 bridgehead atoms. The molecule has 0 aliphatic carbocycles. The summed E-state index contributed by atoms with van der Waals surface area (Å²) in [5.41, 5.74) is 1.20. The summed E-state index contributed by atoms with van der Waals surface area (Å²) in [6.07, 6.45) is 0.795. The first kappa shape index (κ1) is 18.0. The van der Waals surface area contributed by atoms with Gasteiger partial charge in [0, 0.05) is 5.56 Å². The first-order valence-electron chi connectivity index (χ1n) is 7.87. The van der Waals surface area contributed by atoms with Gasteiger partial charge in [-0.05, 0) is 55.0 Å².